The first-order chi connectivity index (χ1) is 13.7. The van der Waals surface area contributed by atoms with Gasteiger partial charge in [-0.15, -0.1) is 0 Å². The Kier molecular flexibility index (Phi) is 10.4. The minimum absolute atomic E-state index is 0.138. The van der Waals surface area contributed by atoms with E-state index in [1.54, 1.807) is 5.48 Å². The number of carbonyl (C=O) groups is 3. The summed E-state index contributed by atoms with van der Waals surface area (Å²) in [5.41, 5.74) is 4.85. The maximum absolute atomic E-state index is 13.0. The largest absolute Gasteiger partial charge is 0.364 e. The molecule has 1 rings (SSSR count). The van der Waals surface area contributed by atoms with Crippen LogP contribution in [0.25, 0.3) is 0 Å². The van der Waals surface area contributed by atoms with Crippen LogP contribution in [-0.4, -0.2) is 45.8 Å². The van der Waals surface area contributed by atoms with E-state index in [4.69, 9.17) is 5.21 Å². The van der Waals surface area contributed by atoms with Crippen molar-refractivity contribution in [3.05, 3.63) is 23.0 Å². The second-order valence-corrected chi connectivity index (χ2v) is 8.46. The van der Waals surface area contributed by atoms with Crippen molar-refractivity contribution >= 4 is 33.7 Å². The fourth-order valence-electron chi connectivity index (χ4n) is 3.47. The zero-order chi connectivity index (χ0) is 22.1. The molecule has 0 aliphatic heterocycles. The third-order valence-electron chi connectivity index (χ3n) is 4.96. The van der Waals surface area contributed by atoms with E-state index in [0.717, 1.165) is 29.7 Å². The van der Waals surface area contributed by atoms with E-state index < -0.39 is 28.6 Å². The van der Waals surface area contributed by atoms with E-state index in [-0.39, 0.29) is 11.8 Å². The molecule has 0 radical (unpaired) electrons. The maximum Gasteiger partial charge on any atom is 0.257 e. The number of aryl methyl sites for hydroxylation is 1. The highest BCUT2D eigenvalue weighted by Crippen LogP contribution is 2.23. The average Bonchev–Trinajstić information content (AvgIpc) is 3.10. The lowest BCUT2D eigenvalue weighted by Gasteiger charge is -2.25. The first-order valence-electron chi connectivity index (χ1n) is 9.97. The van der Waals surface area contributed by atoms with Crippen LogP contribution in [0, 0.1) is 11.8 Å². The van der Waals surface area contributed by atoms with Crippen LogP contribution in [0.2, 0.25) is 0 Å². The maximum atomic E-state index is 13.0. The Morgan fingerprint density at radius 3 is 2.28 bits per heavy atom. The third-order valence-corrected chi connectivity index (χ3v) is 6.01. The van der Waals surface area contributed by atoms with Crippen LogP contribution in [0.3, 0.4) is 0 Å². The number of likely N-dealkylation sites (N-methyl/N-ethyl adjacent to an activating group) is 1. The number of carbonyl (C=O) groups excluding carboxylic acids is 3. The Hall–Kier alpha value is -1.87. The van der Waals surface area contributed by atoms with Gasteiger partial charge in [0.25, 0.3) is 5.91 Å². The highest BCUT2D eigenvalue weighted by atomic mass is 79.9. The normalized spacial score (nSPS) is 14.2. The molecule has 1 unspecified atom stereocenters. The van der Waals surface area contributed by atoms with Gasteiger partial charge in [-0.05, 0) is 36.3 Å². The van der Waals surface area contributed by atoms with E-state index in [0.29, 0.717) is 12.8 Å². The van der Waals surface area contributed by atoms with Crippen LogP contribution < -0.4 is 16.1 Å². The van der Waals surface area contributed by atoms with Gasteiger partial charge in [0.05, 0.1) is 5.92 Å². The molecule has 29 heavy (non-hydrogen) atoms. The fourth-order valence-corrected chi connectivity index (χ4v) is 4.03. The summed E-state index contributed by atoms with van der Waals surface area (Å²) < 4.78 is 0. The number of nitrogens with one attached hydrogen (secondary N) is 4. The molecule has 9 heteroatoms. The Balaban J connectivity index is 3.09. The summed E-state index contributed by atoms with van der Waals surface area (Å²) in [7, 11) is 1.52. The topological polar surface area (TPSA) is 123 Å². The number of hydroxylamine groups is 1. The van der Waals surface area contributed by atoms with Crippen molar-refractivity contribution in [1.82, 2.24) is 21.1 Å². The zero-order valence-electron chi connectivity index (χ0n) is 17.8. The number of aromatic nitrogens is 1. The van der Waals surface area contributed by atoms with Gasteiger partial charge in [0.2, 0.25) is 11.8 Å². The molecule has 5 N–H and O–H groups in total. The van der Waals surface area contributed by atoms with Crippen LogP contribution in [0.15, 0.2) is 6.20 Å². The molecule has 1 aromatic rings. The summed E-state index contributed by atoms with van der Waals surface area (Å²) in [5, 5.41) is 14.3. The molecule has 1 heterocycles. The summed E-state index contributed by atoms with van der Waals surface area (Å²) in [6, 6.07) is -0.773. The number of alkyl halides is 1. The second-order valence-electron chi connectivity index (χ2n) is 7.47. The number of rotatable bonds is 11. The Labute approximate surface area is 180 Å². The van der Waals surface area contributed by atoms with Crippen molar-refractivity contribution in [3.63, 3.8) is 0 Å². The quantitative estimate of drug-likeness (QED) is 0.191. The highest BCUT2D eigenvalue weighted by Gasteiger charge is 2.34. The molecule has 0 fully saturated rings. The van der Waals surface area contributed by atoms with Gasteiger partial charge in [0, 0.05) is 25.4 Å². The Bertz CT molecular complexity index is 705. The number of amides is 3. The van der Waals surface area contributed by atoms with Gasteiger partial charge < -0.3 is 15.6 Å². The van der Waals surface area contributed by atoms with Crippen molar-refractivity contribution in [1.29, 1.82) is 0 Å². The predicted molar refractivity (Wildman–Crippen MR) is 115 cm³/mol. The van der Waals surface area contributed by atoms with Gasteiger partial charge >= 0.3 is 0 Å². The van der Waals surface area contributed by atoms with Crippen molar-refractivity contribution < 1.29 is 19.6 Å². The lowest BCUT2D eigenvalue weighted by Crippen LogP contribution is -2.51. The van der Waals surface area contributed by atoms with Crippen molar-refractivity contribution in [2.24, 2.45) is 11.8 Å². The monoisotopic (exact) mass is 472 g/mol. The zero-order valence-corrected chi connectivity index (χ0v) is 19.4. The molecular weight excluding hydrogens is 440 g/mol. The molecule has 3 amide bonds. The predicted octanol–water partition coefficient (Wildman–Crippen LogP) is 1.84. The lowest BCUT2D eigenvalue weighted by molar-refractivity contribution is -0.135. The van der Waals surface area contributed by atoms with Crippen LogP contribution in [0.1, 0.15) is 50.9 Å². The number of hydrogen-bond donors (Lipinski definition) is 5. The molecule has 8 nitrogen and oxygen atoms in total. The first-order valence-corrected chi connectivity index (χ1v) is 10.9. The molecule has 0 bridgehead atoms. The van der Waals surface area contributed by atoms with Gasteiger partial charge in [-0.3, -0.25) is 19.6 Å². The minimum atomic E-state index is -0.912. The lowest BCUT2D eigenvalue weighted by atomic mass is 9.92. The molecule has 0 aliphatic rings. The molecular formula is C20H33BrN4O4. The molecule has 164 valence electrons. The standard InChI is InChI=1S/C20H33BrN4O4/c1-6-13-12(10-23-15(13)7-2)9-16(19(27)22-5)24-18(26)14(8-11(3)4)17(21)20(28)25-29/h10-11,14,16-17,23,29H,6-9H2,1-5H3,(H,22,27)(H,24,26)(H,25,28)/t14-,16+,17?/m1/s1. The average molecular weight is 473 g/mol. The Morgan fingerprint density at radius 2 is 1.79 bits per heavy atom. The molecule has 0 spiro atoms. The van der Waals surface area contributed by atoms with Gasteiger partial charge in [-0.25, -0.2) is 5.48 Å². The van der Waals surface area contributed by atoms with Crippen LogP contribution in [0.5, 0.6) is 0 Å². The highest BCUT2D eigenvalue weighted by molar-refractivity contribution is 9.10. The van der Waals surface area contributed by atoms with Gasteiger partial charge in [-0.2, -0.15) is 0 Å². The van der Waals surface area contributed by atoms with Crippen LogP contribution >= 0.6 is 15.9 Å². The van der Waals surface area contributed by atoms with Crippen molar-refractivity contribution in [3.8, 4) is 0 Å². The SMILES string of the molecule is CCc1[nH]cc(C[C@H](NC(=O)[C@H](CC(C)C)C(Br)C(=O)NO)C(=O)NC)c1CC. The van der Waals surface area contributed by atoms with E-state index >= 15 is 0 Å². The summed E-state index contributed by atoms with van der Waals surface area (Å²) in [6.07, 6.45) is 4.33. The number of halogens is 1. The molecule has 0 saturated carbocycles. The van der Waals surface area contributed by atoms with E-state index in [1.165, 1.54) is 7.05 Å². The van der Waals surface area contributed by atoms with Crippen molar-refractivity contribution in [2.75, 3.05) is 7.05 Å². The second kappa shape index (κ2) is 12.0. The van der Waals surface area contributed by atoms with Crippen molar-refractivity contribution in [2.45, 2.75) is 64.2 Å². The molecule has 3 atom stereocenters. The summed E-state index contributed by atoms with van der Waals surface area (Å²) in [6.45, 7) is 7.99. The molecule has 0 aliphatic carbocycles. The Morgan fingerprint density at radius 1 is 1.14 bits per heavy atom. The minimum Gasteiger partial charge on any atom is -0.364 e. The van der Waals surface area contributed by atoms with Gasteiger partial charge in [0.1, 0.15) is 10.9 Å². The summed E-state index contributed by atoms with van der Waals surface area (Å²) in [5.74, 6) is -2.02. The number of H-pyrrole nitrogens is 1. The summed E-state index contributed by atoms with van der Waals surface area (Å²) >= 11 is 3.21. The molecule has 0 aromatic carbocycles. The molecule has 0 saturated heterocycles. The summed E-state index contributed by atoms with van der Waals surface area (Å²) in [4.78, 5) is 39.6. The number of aromatic amines is 1. The number of hydrogen-bond acceptors (Lipinski definition) is 4. The van der Waals surface area contributed by atoms with Crippen LogP contribution in [0.4, 0.5) is 0 Å². The smallest absolute Gasteiger partial charge is 0.257 e. The van der Waals surface area contributed by atoms with E-state index in [1.807, 2.05) is 20.0 Å². The van der Waals surface area contributed by atoms with Gasteiger partial charge in [0.15, 0.2) is 0 Å². The van der Waals surface area contributed by atoms with Crippen LogP contribution in [-0.2, 0) is 33.6 Å². The van der Waals surface area contributed by atoms with Gasteiger partial charge in [-0.1, -0.05) is 43.6 Å². The first kappa shape index (κ1) is 25.2. The van der Waals surface area contributed by atoms with E-state index in [9.17, 15) is 14.4 Å². The fraction of sp³-hybridized carbons (Fsp3) is 0.650. The molecule has 1 aromatic heterocycles. The third kappa shape index (κ3) is 6.85. The van der Waals surface area contributed by atoms with E-state index in [2.05, 4.69) is 45.4 Å².